The second kappa shape index (κ2) is 6.58. The third-order valence-electron chi connectivity index (χ3n) is 3.03. The fourth-order valence-corrected chi connectivity index (χ4v) is 2.09. The quantitative estimate of drug-likeness (QED) is 0.871. The van der Waals surface area contributed by atoms with Crippen molar-refractivity contribution in [3.05, 3.63) is 24.0 Å². The van der Waals surface area contributed by atoms with Gasteiger partial charge < -0.3 is 10.1 Å². The SMILES string of the molecule is Cl.FC1(Cc2ccc(OC(F)(F)F)cn2)CCNCC1. The first-order valence-corrected chi connectivity index (χ1v) is 5.97. The Morgan fingerprint density at radius 2 is 1.90 bits per heavy atom. The molecule has 1 aliphatic heterocycles. The summed E-state index contributed by atoms with van der Waals surface area (Å²) in [5.74, 6) is -0.394. The summed E-state index contributed by atoms with van der Waals surface area (Å²) in [5.41, 5.74) is -0.899. The van der Waals surface area contributed by atoms with Crippen molar-refractivity contribution in [1.82, 2.24) is 10.3 Å². The average Bonchev–Trinajstić information content (AvgIpc) is 2.30. The number of ether oxygens (including phenoxy) is 1. The fraction of sp³-hybridized carbons (Fsp3) is 0.583. The largest absolute Gasteiger partial charge is 0.573 e. The molecular formula is C12H15ClF4N2O. The summed E-state index contributed by atoms with van der Waals surface area (Å²) >= 11 is 0. The van der Waals surface area contributed by atoms with Crippen LogP contribution in [0.2, 0.25) is 0 Å². The number of halogens is 5. The molecule has 1 aromatic rings. The molecule has 1 fully saturated rings. The second-order valence-corrected chi connectivity index (χ2v) is 4.61. The Hall–Kier alpha value is -1.08. The fourth-order valence-electron chi connectivity index (χ4n) is 2.09. The standard InChI is InChI=1S/C12H14F4N2O.ClH/c13-11(3-5-17-6-4-11)7-9-1-2-10(8-18-9)19-12(14,15)16;/h1-2,8,17H,3-7H2;1H. The van der Waals surface area contributed by atoms with E-state index in [1.165, 1.54) is 6.07 Å². The van der Waals surface area contributed by atoms with E-state index in [0.29, 0.717) is 31.6 Å². The molecule has 0 amide bonds. The number of pyridine rings is 1. The molecule has 1 saturated heterocycles. The van der Waals surface area contributed by atoms with E-state index < -0.39 is 17.8 Å². The van der Waals surface area contributed by atoms with Crippen LogP contribution in [-0.4, -0.2) is 30.1 Å². The van der Waals surface area contributed by atoms with Crippen molar-refractivity contribution in [2.75, 3.05) is 13.1 Å². The van der Waals surface area contributed by atoms with Crippen LogP contribution in [0.15, 0.2) is 18.3 Å². The van der Waals surface area contributed by atoms with Gasteiger partial charge in [-0.15, -0.1) is 25.6 Å². The Morgan fingerprint density at radius 1 is 1.25 bits per heavy atom. The lowest BCUT2D eigenvalue weighted by atomic mass is 9.89. The number of hydrogen-bond donors (Lipinski definition) is 1. The van der Waals surface area contributed by atoms with Gasteiger partial charge >= 0.3 is 6.36 Å². The zero-order valence-corrected chi connectivity index (χ0v) is 11.4. The van der Waals surface area contributed by atoms with Crippen molar-refractivity contribution >= 4 is 12.4 Å². The summed E-state index contributed by atoms with van der Waals surface area (Å²) in [6, 6.07) is 2.52. The molecule has 0 bridgehead atoms. The molecule has 0 spiro atoms. The van der Waals surface area contributed by atoms with Gasteiger partial charge in [-0.05, 0) is 38.1 Å². The Balaban J connectivity index is 0.00000200. The van der Waals surface area contributed by atoms with Gasteiger partial charge in [0.2, 0.25) is 0 Å². The van der Waals surface area contributed by atoms with Crippen LogP contribution in [0.3, 0.4) is 0 Å². The van der Waals surface area contributed by atoms with E-state index in [1.807, 2.05) is 0 Å². The maximum absolute atomic E-state index is 14.3. The predicted octanol–water partition coefficient (Wildman–Crippen LogP) is 3.04. The monoisotopic (exact) mass is 314 g/mol. The van der Waals surface area contributed by atoms with E-state index in [4.69, 9.17) is 0 Å². The van der Waals surface area contributed by atoms with E-state index in [9.17, 15) is 17.6 Å². The van der Waals surface area contributed by atoms with Gasteiger partial charge in [0.1, 0.15) is 11.4 Å². The molecule has 0 saturated carbocycles. The minimum Gasteiger partial charge on any atom is -0.404 e. The van der Waals surface area contributed by atoms with Crippen molar-refractivity contribution in [2.45, 2.75) is 31.3 Å². The van der Waals surface area contributed by atoms with Gasteiger partial charge in [-0.1, -0.05) is 0 Å². The molecule has 114 valence electrons. The molecule has 0 aromatic carbocycles. The molecule has 0 unspecified atom stereocenters. The lowest BCUT2D eigenvalue weighted by Gasteiger charge is -2.29. The summed E-state index contributed by atoms with van der Waals surface area (Å²) < 4.78 is 53.9. The van der Waals surface area contributed by atoms with E-state index in [0.717, 1.165) is 12.3 Å². The Labute approximate surface area is 120 Å². The number of hydrogen-bond acceptors (Lipinski definition) is 3. The van der Waals surface area contributed by atoms with Gasteiger partial charge in [0.25, 0.3) is 0 Å². The molecule has 0 atom stereocenters. The van der Waals surface area contributed by atoms with Crippen LogP contribution in [0.5, 0.6) is 5.75 Å². The van der Waals surface area contributed by atoms with Crippen LogP contribution in [0.25, 0.3) is 0 Å². The van der Waals surface area contributed by atoms with E-state index in [1.54, 1.807) is 0 Å². The first kappa shape index (κ1) is 17.0. The van der Waals surface area contributed by atoms with E-state index in [-0.39, 0.29) is 18.8 Å². The number of nitrogens with zero attached hydrogens (tertiary/aromatic N) is 1. The molecule has 2 rings (SSSR count). The average molecular weight is 315 g/mol. The number of aromatic nitrogens is 1. The molecule has 1 aromatic heterocycles. The number of alkyl halides is 4. The van der Waals surface area contributed by atoms with Gasteiger partial charge in [-0.3, -0.25) is 4.98 Å². The van der Waals surface area contributed by atoms with Crippen LogP contribution in [-0.2, 0) is 6.42 Å². The summed E-state index contributed by atoms with van der Waals surface area (Å²) in [5, 5.41) is 3.06. The Bertz CT molecular complexity index is 418. The van der Waals surface area contributed by atoms with Crippen molar-refractivity contribution < 1.29 is 22.3 Å². The molecule has 1 N–H and O–H groups in total. The van der Waals surface area contributed by atoms with Gasteiger partial charge in [0.15, 0.2) is 0 Å². The summed E-state index contributed by atoms with van der Waals surface area (Å²) in [6.45, 7) is 1.21. The third-order valence-corrected chi connectivity index (χ3v) is 3.03. The molecule has 20 heavy (non-hydrogen) atoms. The predicted molar refractivity (Wildman–Crippen MR) is 67.8 cm³/mol. The number of nitrogens with one attached hydrogen (secondary N) is 1. The van der Waals surface area contributed by atoms with Gasteiger partial charge in [0, 0.05) is 12.1 Å². The lowest BCUT2D eigenvalue weighted by Crippen LogP contribution is -2.40. The zero-order chi connectivity index (χ0) is 13.9. The summed E-state index contributed by atoms with van der Waals surface area (Å²) in [4.78, 5) is 3.82. The molecule has 1 aliphatic rings. The van der Waals surface area contributed by atoms with Gasteiger partial charge in [-0.25, -0.2) is 4.39 Å². The number of rotatable bonds is 3. The van der Waals surface area contributed by atoms with E-state index >= 15 is 0 Å². The van der Waals surface area contributed by atoms with Gasteiger partial charge in [0.05, 0.1) is 6.20 Å². The molecule has 2 heterocycles. The lowest BCUT2D eigenvalue weighted by molar-refractivity contribution is -0.274. The summed E-state index contributed by atoms with van der Waals surface area (Å²) in [7, 11) is 0. The summed E-state index contributed by atoms with van der Waals surface area (Å²) in [6.07, 6.45) is -2.89. The van der Waals surface area contributed by atoms with E-state index in [2.05, 4.69) is 15.0 Å². The molecular weight excluding hydrogens is 300 g/mol. The Kier molecular flexibility index (Phi) is 5.59. The maximum atomic E-state index is 14.3. The van der Waals surface area contributed by atoms with Crippen molar-refractivity contribution in [1.29, 1.82) is 0 Å². The van der Waals surface area contributed by atoms with Crippen LogP contribution in [0, 0.1) is 0 Å². The maximum Gasteiger partial charge on any atom is 0.573 e. The highest BCUT2D eigenvalue weighted by molar-refractivity contribution is 5.85. The zero-order valence-electron chi connectivity index (χ0n) is 10.5. The minimum absolute atomic E-state index is 0. The minimum atomic E-state index is -4.74. The topological polar surface area (TPSA) is 34.1 Å². The van der Waals surface area contributed by atoms with Crippen molar-refractivity contribution in [2.24, 2.45) is 0 Å². The highest BCUT2D eigenvalue weighted by atomic mass is 35.5. The van der Waals surface area contributed by atoms with Crippen molar-refractivity contribution in [3.8, 4) is 5.75 Å². The molecule has 0 aliphatic carbocycles. The second-order valence-electron chi connectivity index (χ2n) is 4.61. The molecule has 3 nitrogen and oxygen atoms in total. The van der Waals surface area contributed by atoms with Crippen LogP contribution < -0.4 is 10.1 Å². The first-order chi connectivity index (χ1) is 8.86. The van der Waals surface area contributed by atoms with Crippen LogP contribution >= 0.6 is 12.4 Å². The number of piperidine rings is 1. The third kappa shape index (κ3) is 5.13. The Morgan fingerprint density at radius 3 is 2.40 bits per heavy atom. The van der Waals surface area contributed by atoms with Crippen LogP contribution in [0.4, 0.5) is 17.6 Å². The molecule has 8 heteroatoms. The highest BCUT2D eigenvalue weighted by Gasteiger charge is 2.33. The van der Waals surface area contributed by atoms with Crippen LogP contribution in [0.1, 0.15) is 18.5 Å². The first-order valence-electron chi connectivity index (χ1n) is 5.97. The normalized spacial score (nSPS) is 18.2. The van der Waals surface area contributed by atoms with Crippen molar-refractivity contribution in [3.63, 3.8) is 0 Å². The molecule has 0 radical (unpaired) electrons. The smallest absolute Gasteiger partial charge is 0.404 e. The van der Waals surface area contributed by atoms with Gasteiger partial charge in [-0.2, -0.15) is 0 Å². The highest BCUT2D eigenvalue weighted by Crippen LogP contribution is 2.28.